The highest BCUT2D eigenvalue weighted by Gasteiger charge is 2.41. The van der Waals surface area contributed by atoms with Crippen LogP contribution < -0.4 is 10.6 Å². The van der Waals surface area contributed by atoms with Gasteiger partial charge in [-0.05, 0) is 43.0 Å². The Labute approximate surface area is 111 Å². The van der Waals surface area contributed by atoms with Gasteiger partial charge >= 0.3 is 0 Å². The molecule has 0 spiro atoms. The third-order valence-electron chi connectivity index (χ3n) is 3.93. The molecule has 0 aliphatic heterocycles. The van der Waals surface area contributed by atoms with E-state index in [9.17, 15) is 0 Å². The Hall–Kier alpha value is -1.02. The van der Waals surface area contributed by atoms with Crippen molar-refractivity contribution in [2.24, 2.45) is 5.41 Å². The molecule has 2 heteroatoms. The zero-order valence-electron chi connectivity index (χ0n) is 12.1. The van der Waals surface area contributed by atoms with Gasteiger partial charge in [0.05, 0.1) is 0 Å². The summed E-state index contributed by atoms with van der Waals surface area (Å²) in [7, 11) is 2.04. The molecule has 1 aliphatic carbocycles. The zero-order valence-corrected chi connectivity index (χ0v) is 12.1. The van der Waals surface area contributed by atoms with Crippen molar-refractivity contribution in [3.8, 4) is 0 Å². The van der Waals surface area contributed by atoms with Crippen LogP contribution in [0.25, 0.3) is 0 Å². The van der Waals surface area contributed by atoms with Crippen molar-refractivity contribution in [3.05, 3.63) is 29.8 Å². The molecule has 1 saturated carbocycles. The Bertz CT molecular complexity index is 383. The van der Waals surface area contributed by atoms with Gasteiger partial charge in [0, 0.05) is 24.2 Å². The summed E-state index contributed by atoms with van der Waals surface area (Å²) in [5, 5.41) is 6.87. The average molecular weight is 246 g/mol. The second-order valence-corrected chi connectivity index (χ2v) is 6.71. The summed E-state index contributed by atoms with van der Waals surface area (Å²) in [6.07, 6.45) is 2.70. The van der Waals surface area contributed by atoms with E-state index >= 15 is 0 Å². The zero-order chi connectivity index (χ0) is 13.2. The van der Waals surface area contributed by atoms with E-state index in [4.69, 9.17) is 0 Å². The first-order valence-electron chi connectivity index (χ1n) is 6.94. The van der Waals surface area contributed by atoms with E-state index < -0.39 is 0 Å². The van der Waals surface area contributed by atoms with Gasteiger partial charge in [0.25, 0.3) is 0 Å². The number of nitrogens with one attached hydrogen (secondary N) is 2. The fraction of sp³-hybridized carbons (Fsp3) is 0.625. The van der Waals surface area contributed by atoms with Gasteiger partial charge in [-0.15, -0.1) is 0 Å². The molecule has 2 rings (SSSR count). The van der Waals surface area contributed by atoms with Crippen LogP contribution in [0.5, 0.6) is 0 Å². The van der Waals surface area contributed by atoms with Crippen LogP contribution in [0, 0.1) is 5.41 Å². The minimum Gasteiger partial charge on any atom is -0.384 e. The van der Waals surface area contributed by atoms with Gasteiger partial charge in [-0.2, -0.15) is 0 Å². The lowest BCUT2D eigenvalue weighted by Gasteiger charge is -2.20. The van der Waals surface area contributed by atoms with E-state index in [1.807, 2.05) is 7.05 Å². The van der Waals surface area contributed by atoms with E-state index in [0.717, 1.165) is 13.1 Å². The quantitative estimate of drug-likeness (QED) is 0.832. The van der Waals surface area contributed by atoms with E-state index in [2.05, 4.69) is 55.7 Å². The third kappa shape index (κ3) is 3.26. The summed E-state index contributed by atoms with van der Waals surface area (Å²) in [6, 6.07) is 8.88. The van der Waals surface area contributed by atoms with Gasteiger partial charge in [0.15, 0.2) is 0 Å². The molecule has 2 nitrogen and oxygen atoms in total. The predicted octanol–water partition coefficient (Wildman–Crippen LogP) is 3.40. The van der Waals surface area contributed by atoms with Crippen LogP contribution in [0.1, 0.15) is 39.2 Å². The smallest absolute Gasteiger partial charge is 0.0340 e. The molecule has 0 bridgehead atoms. The Kier molecular flexibility index (Phi) is 3.67. The van der Waals surface area contributed by atoms with Crippen LogP contribution >= 0.6 is 0 Å². The molecule has 0 heterocycles. The Morgan fingerprint density at radius 1 is 1.06 bits per heavy atom. The van der Waals surface area contributed by atoms with E-state index in [1.165, 1.54) is 24.1 Å². The molecule has 0 radical (unpaired) electrons. The molecule has 0 atom stereocenters. The van der Waals surface area contributed by atoms with Crippen molar-refractivity contribution >= 4 is 5.69 Å². The lowest BCUT2D eigenvalue weighted by atomic mass is 9.87. The molecule has 1 fully saturated rings. The van der Waals surface area contributed by atoms with Gasteiger partial charge in [-0.25, -0.2) is 0 Å². The Morgan fingerprint density at radius 2 is 1.67 bits per heavy atom. The summed E-state index contributed by atoms with van der Waals surface area (Å²) in [5.74, 6) is 0. The summed E-state index contributed by atoms with van der Waals surface area (Å²) in [4.78, 5) is 0. The van der Waals surface area contributed by atoms with Crippen LogP contribution in [-0.2, 0) is 5.41 Å². The Balaban J connectivity index is 1.91. The van der Waals surface area contributed by atoms with E-state index in [1.54, 1.807) is 0 Å². The molecule has 1 aromatic rings. The molecule has 0 aromatic heterocycles. The predicted molar refractivity (Wildman–Crippen MR) is 79.2 cm³/mol. The summed E-state index contributed by atoms with van der Waals surface area (Å²) in [6.45, 7) is 8.97. The monoisotopic (exact) mass is 246 g/mol. The maximum atomic E-state index is 3.57. The highest BCUT2D eigenvalue weighted by molar-refractivity contribution is 5.46. The molecule has 0 unspecified atom stereocenters. The van der Waals surface area contributed by atoms with Crippen molar-refractivity contribution in [2.75, 3.05) is 25.5 Å². The normalized spacial score (nSPS) is 17.6. The first-order chi connectivity index (χ1) is 8.45. The second-order valence-electron chi connectivity index (χ2n) is 6.71. The number of anilines is 1. The maximum absolute atomic E-state index is 3.57. The molecule has 0 saturated heterocycles. The summed E-state index contributed by atoms with van der Waals surface area (Å²) < 4.78 is 0. The van der Waals surface area contributed by atoms with Crippen LogP contribution in [0.3, 0.4) is 0 Å². The topological polar surface area (TPSA) is 24.1 Å². The average Bonchev–Trinajstić information content (AvgIpc) is 3.07. The van der Waals surface area contributed by atoms with Crippen molar-refractivity contribution in [1.29, 1.82) is 0 Å². The number of benzene rings is 1. The van der Waals surface area contributed by atoms with Gasteiger partial charge in [-0.1, -0.05) is 32.9 Å². The molecule has 1 aliphatic rings. The minimum absolute atomic E-state index is 0.238. The molecular weight excluding hydrogens is 220 g/mol. The van der Waals surface area contributed by atoms with Crippen molar-refractivity contribution in [1.82, 2.24) is 5.32 Å². The van der Waals surface area contributed by atoms with E-state index in [0.29, 0.717) is 5.41 Å². The van der Waals surface area contributed by atoms with Crippen molar-refractivity contribution in [2.45, 2.75) is 39.0 Å². The highest BCUT2D eigenvalue weighted by atomic mass is 14.9. The van der Waals surface area contributed by atoms with Gasteiger partial charge < -0.3 is 10.6 Å². The lowest BCUT2D eigenvalue weighted by Crippen LogP contribution is -2.26. The SMILES string of the molecule is CNCC1(CNc2ccc(C(C)(C)C)cc2)CC1. The van der Waals surface area contributed by atoms with Crippen LogP contribution in [0.4, 0.5) is 5.69 Å². The van der Waals surface area contributed by atoms with Crippen LogP contribution in [0.2, 0.25) is 0 Å². The molecule has 0 amide bonds. The number of hydrogen-bond donors (Lipinski definition) is 2. The third-order valence-corrected chi connectivity index (χ3v) is 3.93. The minimum atomic E-state index is 0.238. The van der Waals surface area contributed by atoms with Gasteiger partial charge in [-0.3, -0.25) is 0 Å². The molecule has 18 heavy (non-hydrogen) atoms. The first-order valence-corrected chi connectivity index (χ1v) is 6.94. The van der Waals surface area contributed by atoms with Crippen LogP contribution in [-0.4, -0.2) is 20.1 Å². The standard InChI is InChI=1S/C16H26N2/c1-15(2,3)13-5-7-14(8-6-13)18-12-16(9-10-16)11-17-4/h5-8,17-18H,9-12H2,1-4H3. The maximum Gasteiger partial charge on any atom is 0.0340 e. The fourth-order valence-corrected chi connectivity index (χ4v) is 2.35. The van der Waals surface area contributed by atoms with Gasteiger partial charge in [0.1, 0.15) is 0 Å². The number of hydrogen-bond acceptors (Lipinski definition) is 2. The molecule has 1 aromatic carbocycles. The molecule has 2 N–H and O–H groups in total. The molecular formula is C16H26N2. The van der Waals surface area contributed by atoms with Gasteiger partial charge in [0.2, 0.25) is 0 Å². The lowest BCUT2D eigenvalue weighted by molar-refractivity contribution is 0.507. The Morgan fingerprint density at radius 3 is 2.11 bits per heavy atom. The molecule has 100 valence electrons. The van der Waals surface area contributed by atoms with Crippen LogP contribution in [0.15, 0.2) is 24.3 Å². The summed E-state index contributed by atoms with van der Waals surface area (Å²) >= 11 is 0. The van der Waals surface area contributed by atoms with Crippen molar-refractivity contribution in [3.63, 3.8) is 0 Å². The number of rotatable bonds is 5. The first kappa shape index (κ1) is 13.4. The van der Waals surface area contributed by atoms with E-state index in [-0.39, 0.29) is 5.41 Å². The van der Waals surface area contributed by atoms with Crippen molar-refractivity contribution < 1.29 is 0 Å². The second kappa shape index (κ2) is 4.93. The fourth-order valence-electron chi connectivity index (χ4n) is 2.35. The highest BCUT2D eigenvalue weighted by Crippen LogP contribution is 2.44. The largest absolute Gasteiger partial charge is 0.384 e. The summed E-state index contributed by atoms with van der Waals surface area (Å²) in [5.41, 5.74) is 3.38.